The summed E-state index contributed by atoms with van der Waals surface area (Å²) in [7, 11) is 0. The molecule has 18 heavy (non-hydrogen) atoms. The first-order valence-corrected chi connectivity index (χ1v) is 5.80. The van der Waals surface area contributed by atoms with Crippen LogP contribution < -0.4 is 0 Å². The van der Waals surface area contributed by atoms with E-state index in [4.69, 9.17) is 14.6 Å². The summed E-state index contributed by atoms with van der Waals surface area (Å²) in [5.41, 5.74) is -2.75. The highest BCUT2D eigenvalue weighted by atomic mass is 16.6. The molecule has 0 aromatic rings. The smallest absolute Gasteiger partial charge is 0.351 e. The molecule has 0 radical (unpaired) electrons. The summed E-state index contributed by atoms with van der Waals surface area (Å²) >= 11 is 0. The molecular weight excluding hydrogens is 240 g/mol. The average Bonchev–Trinajstić information content (AvgIpc) is 2.56. The Hall–Kier alpha value is -1.59. The van der Waals surface area contributed by atoms with E-state index in [2.05, 4.69) is 0 Å². The molecule has 0 unspecified atom stereocenters. The van der Waals surface area contributed by atoms with E-state index in [9.17, 15) is 14.4 Å². The molecule has 1 heterocycles. The summed E-state index contributed by atoms with van der Waals surface area (Å²) in [6.07, 6.45) is 0.918. The van der Waals surface area contributed by atoms with Crippen LogP contribution in [-0.2, 0) is 23.9 Å². The van der Waals surface area contributed by atoms with E-state index in [0.29, 0.717) is 12.8 Å². The largest absolute Gasteiger partial charge is 0.479 e. The van der Waals surface area contributed by atoms with Crippen LogP contribution in [0.3, 0.4) is 0 Å². The maximum Gasteiger partial charge on any atom is 0.351 e. The molecule has 1 saturated carbocycles. The fraction of sp³-hybridized carbons (Fsp3) is 0.750. The normalized spacial score (nSPS) is 36.3. The van der Waals surface area contributed by atoms with Crippen molar-refractivity contribution in [3.8, 4) is 0 Å². The number of hydrogen-bond acceptors (Lipinski definition) is 5. The fourth-order valence-electron chi connectivity index (χ4n) is 2.95. The lowest BCUT2D eigenvalue weighted by Crippen LogP contribution is -2.49. The number of carbonyl (C=O) groups is 3. The molecule has 2 aliphatic rings. The van der Waals surface area contributed by atoms with Crippen molar-refractivity contribution in [3.63, 3.8) is 0 Å². The van der Waals surface area contributed by atoms with Crippen LogP contribution in [0.25, 0.3) is 0 Å². The molecule has 0 spiro atoms. The lowest BCUT2D eigenvalue weighted by Gasteiger charge is -2.34. The highest BCUT2D eigenvalue weighted by molar-refractivity contribution is 5.94. The molecule has 2 bridgehead atoms. The molecule has 1 saturated heterocycles. The number of carbonyl (C=O) groups excluding carboxylic acids is 2. The van der Waals surface area contributed by atoms with Gasteiger partial charge in [-0.2, -0.15) is 0 Å². The van der Waals surface area contributed by atoms with Crippen LogP contribution in [-0.4, -0.2) is 35.2 Å². The minimum absolute atomic E-state index is 0.376. The Morgan fingerprint density at radius 2 is 1.94 bits per heavy atom. The molecule has 1 aliphatic heterocycles. The van der Waals surface area contributed by atoms with Crippen LogP contribution in [0.4, 0.5) is 0 Å². The Kier molecular flexibility index (Phi) is 2.47. The summed E-state index contributed by atoms with van der Waals surface area (Å²) in [5.74, 6) is -2.40. The molecule has 100 valence electrons. The number of hydrogen-bond donors (Lipinski definition) is 1. The molecule has 6 nitrogen and oxygen atoms in total. The van der Waals surface area contributed by atoms with Gasteiger partial charge in [0.15, 0.2) is 6.61 Å². The topological polar surface area (TPSA) is 89.9 Å². The Balaban J connectivity index is 2.30. The molecule has 0 aromatic heterocycles. The van der Waals surface area contributed by atoms with Gasteiger partial charge in [0.05, 0.1) is 5.41 Å². The van der Waals surface area contributed by atoms with E-state index < -0.39 is 40.9 Å². The first kappa shape index (κ1) is 12.9. The molecule has 0 amide bonds. The van der Waals surface area contributed by atoms with Crippen molar-refractivity contribution in [1.82, 2.24) is 0 Å². The standard InChI is InChI=1S/C12H16O6/c1-10(2)11(3)4-5-12(10,18-8(11)15)9(16)17-6-7(13)14/h4-6H2,1-3H3,(H,13,14)/t11-,12-/m1/s1. The van der Waals surface area contributed by atoms with Crippen LogP contribution in [0.15, 0.2) is 0 Å². The quantitative estimate of drug-likeness (QED) is 0.749. The first-order valence-electron chi connectivity index (χ1n) is 5.80. The highest BCUT2D eigenvalue weighted by Gasteiger charge is 2.76. The van der Waals surface area contributed by atoms with Crippen LogP contribution in [0.2, 0.25) is 0 Å². The molecule has 6 heteroatoms. The van der Waals surface area contributed by atoms with Gasteiger partial charge in [0, 0.05) is 5.41 Å². The summed E-state index contributed by atoms with van der Waals surface area (Å²) in [4.78, 5) is 34.4. The van der Waals surface area contributed by atoms with Crippen LogP contribution in [0, 0.1) is 10.8 Å². The van der Waals surface area contributed by atoms with Gasteiger partial charge in [0.1, 0.15) is 0 Å². The van der Waals surface area contributed by atoms with Gasteiger partial charge in [-0.15, -0.1) is 0 Å². The lowest BCUT2D eigenvalue weighted by molar-refractivity contribution is -0.185. The second-order valence-corrected chi connectivity index (χ2v) is 5.64. The number of fused-ring (bicyclic) bond motifs is 2. The number of rotatable bonds is 3. The molecule has 1 aliphatic carbocycles. The highest BCUT2D eigenvalue weighted by Crippen LogP contribution is 2.65. The van der Waals surface area contributed by atoms with Crippen molar-refractivity contribution >= 4 is 17.9 Å². The van der Waals surface area contributed by atoms with Gasteiger partial charge < -0.3 is 14.6 Å². The number of ether oxygens (including phenoxy) is 2. The Morgan fingerprint density at radius 1 is 1.33 bits per heavy atom. The van der Waals surface area contributed by atoms with E-state index in [1.54, 1.807) is 20.8 Å². The van der Waals surface area contributed by atoms with Crippen LogP contribution in [0.1, 0.15) is 33.6 Å². The maximum absolute atomic E-state index is 12.1. The molecule has 1 N–H and O–H groups in total. The summed E-state index contributed by atoms with van der Waals surface area (Å²) in [6, 6.07) is 0. The predicted octanol–water partition coefficient (Wildman–Crippen LogP) is 0.736. The van der Waals surface area contributed by atoms with Crippen molar-refractivity contribution in [2.75, 3.05) is 6.61 Å². The zero-order valence-electron chi connectivity index (χ0n) is 10.6. The van der Waals surface area contributed by atoms with Crippen LogP contribution in [0.5, 0.6) is 0 Å². The zero-order valence-corrected chi connectivity index (χ0v) is 10.6. The van der Waals surface area contributed by atoms with Crippen molar-refractivity contribution < 1.29 is 29.0 Å². The summed E-state index contributed by atoms with van der Waals surface area (Å²) < 4.78 is 9.98. The third-order valence-electron chi connectivity index (χ3n) is 4.74. The second kappa shape index (κ2) is 3.46. The predicted molar refractivity (Wildman–Crippen MR) is 58.5 cm³/mol. The maximum atomic E-state index is 12.1. The van der Waals surface area contributed by atoms with Gasteiger partial charge >= 0.3 is 17.9 Å². The van der Waals surface area contributed by atoms with Crippen molar-refractivity contribution in [2.24, 2.45) is 10.8 Å². The molecule has 2 rings (SSSR count). The van der Waals surface area contributed by atoms with Gasteiger partial charge in [-0.05, 0) is 19.8 Å². The van der Waals surface area contributed by atoms with E-state index in [1.807, 2.05) is 0 Å². The van der Waals surface area contributed by atoms with Crippen LogP contribution >= 0.6 is 0 Å². The first-order chi connectivity index (χ1) is 8.17. The minimum Gasteiger partial charge on any atom is -0.479 e. The van der Waals surface area contributed by atoms with Crippen molar-refractivity contribution in [2.45, 2.75) is 39.2 Å². The summed E-state index contributed by atoms with van der Waals surface area (Å²) in [5, 5.41) is 8.52. The fourth-order valence-corrected chi connectivity index (χ4v) is 2.95. The number of carboxylic acid groups (broad SMARTS) is 1. The SMILES string of the molecule is CC1(C)[C@]2(C)CC[C@]1(C(=O)OCC(=O)O)OC2=O. The minimum atomic E-state index is -1.34. The molecule has 0 aromatic carbocycles. The number of aliphatic carboxylic acids is 1. The Bertz CT molecular complexity index is 440. The molecule has 2 fully saturated rings. The molecular formula is C12H16O6. The second-order valence-electron chi connectivity index (χ2n) is 5.64. The van der Waals surface area contributed by atoms with Crippen molar-refractivity contribution in [3.05, 3.63) is 0 Å². The average molecular weight is 256 g/mol. The Labute approximate surface area is 104 Å². The van der Waals surface area contributed by atoms with Gasteiger partial charge in [-0.1, -0.05) is 13.8 Å². The van der Waals surface area contributed by atoms with E-state index in [-0.39, 0.29) is 0 Å². The van der Waals surface area contributed by atoms with Gasteiger partial charge in [-0.25, -0.2) is 9.59 Å². The molecule has 2 atom stereocenters. The number of esters is 2. The third kappa shape index (κ3) is 1.26. The van der Waals surface area contributed by atoms with Gasteiger partial charge in [-0.3, -0.25) is 4.79 Å². The summed E-state index contributed by atoms with van der Waals surface area (Å²) in [6.45, 7) is 4.62. The van der Waals surface area contributed by atoms with Gasteiger partial charge in [0.25, 0.3) is 0 Å². The van der Waals surface area contributed by atoms with Crippen molar-refractivity contribution in [1.29, 1.82) is 0 Å². The van der Waals surface area contributed by atoms with Gasteiger partial charge in [0.2, 0.25) is 5.60 Å². The monoisotopic (exact) mass is 256 g/mol. The number of carboxylic acids is 1. The van der Waals surface area contributed by atoms with E-state index in [0.717, 1.165) is 0 Å². The third-order valence-corrected chi connectivity index (χ3v) is 4.74. The zero-order chi connectivity index (χ0) is 13.8. The Morgan fingerprint density at radius 3 is 2.33 bits per heavy atom. The lowest BCUT2D eigenvalue weighted by atomic mass is 9.66. The van der Waals surface area contributed by atoms with E-state index >= 15 is 0 Å². The van der Waals surface area contributed by atoms with E-state index in [1.165, 1.54) is 0 Å².